The molecular formula is C9H9ClN2O5S2. The van der Waals surface area contributed by atoms with Gasteiger partial charge in [-0.15, -0.1) is 0 Å². The largest absolute Gasteiger partial charge is 0.345 e. The highest BCUT2D eigenvalue weighted by atomic mass is 35.5. The van der Waals surface area contributed by atoms with Crippen LogP contribution in [0, 0.1) is 6.92 Å². The molecule has 0 aliphatic carbocycles. The van der Waals surface area contributed by atoms with Crippen LogP contribution in [0.1, 0.15) is 5.56 Å². The number of aryl methyl sites for hydroxylation is 1. The Morgan fingerprint density at radius 2 is 1.84 bits per heavy atom. The molecule has 7 nitrogen and oxygen atoms in total. The molecule has 0 amide bonds. The van der Waals surface area contributed by atoms with Crippen LogP contribution in [-0.4, -0.2) is 33.7 Å². The highest BCUT2D eigenvalue weighted by molar-refractivity contribution is 8.03. The average molecular weight is 325 g/mol. The summed E-state index contributed by atoms with van der Waals surface area (Å²) in [6, 6.07) is 3.74. The van der Waals surface area contributed by atoms with Crippen molar-refractivity contribution >= 4 is 37.9 Å². The molecule has 0 aromatic heterocycles. The number of rotatable bonds is 4. The van der Waals surface area contributed by atoms with Crippen molar-refractivity contribution in [2.24, 2.45) is 4.40 Å². The number of hydrogen-bond donors (Lipinski definition) is 0. The number of isocyanates is 1. The maximum Gasteiger partial charge on any atom is 0.345 e. The van der Waals surface area contributed by atoms with Crippen molar-refractivity contribution < 1.29 is 21.6 Å². The van der Waals surface area contributed by atoms with Gasteiger partial charge < -0.3 is 0 Å². The van der Waals surface area contributed by atoms with Crippen LogP contribution in [0.5, 0.6) is 0 Å². The molecule has 104 valence electrons. The van der Waals surface area contributed by atoms with Gasteiger partial charge in [0.05, 0.1) is 4.90 Å². The Morgan fingerprint density at radius 3 is 2.32 bits per heavy atom. The summed E-state index contributed by atoms with van der Waals surface area (Å²) in [5.74, 6) is 0. The topological polar surface area (TPSA) is 101 Å². The van der Waals surface area contributed by atoms with E-state index < -0.39 is 20.2 Å². The van der Waals surface area contributed by atoms with E-state index in [0.717, 1.165) is 19.2 Å². The summed E-state index contributed by atoms with van der Waals surface area (Å²) in [5, 5.41) is 0.172. The van der Waals surface area contributed by atoms with Crippen molar-refractivity contribution in [3.8, 4) is 0 Å². The van der Waals surface area contributed by atoms with Gasteiger partial charge in [-0.3, -0.25) is 0 Å². The third-order valence-electron chi connectivity index (χ3n) is 2.26. The summed E-state index contributed by atoms with van der Waals surface area (Å²) in [6.45, 7) is 1.66. The Morgan fingerprint density at radius 1 is 1.26 bits per heavy atom. The molecule has 1 rings (SSSR count). The van der Waals surface area contributed by atoms with Gasteiger partial charge in [0, 0.05) is 12.1 Å². The van der Waals surface area contributed by atoms with E-state index in [1.165, 1.54) is 12.1 Å². The van der Waals surface area contributed by atoms with Crippen LogP contribution in [0.25, 0.3) is 0 Å². The summed E-state index contributed by atoms with van der Waals surface area (Å²) in [4.78, 5) is 9.65. The van der Waals surface area contributed by atoms with Crippen LogP contribution < -0.4 is 0 Å². The van der Waals surface area contributed by atoms with Crippen molar-refractivity contribution in [1.29, 1.82) is 0 Å². The number of hydrogen-bond acceptors (Lipinski definition) is 5. The standard InChI is InChI=1S/C9H9ClN2O5S2/c1-7-3-4-8(5-9(7)10)18(14,15)12(2)19(16,17)11-6-13/h3-5H,1-2H3. The van der Waals surface area contributed by atoms with Gasteiger partial charge in [-0.05, 0) is 24.6 Å². The monoisotopic (exact) mass is 324 g/mol. The van der Waals surface area contributed by atoms with Gasteiger partial charge in [0.25, 0.3) is 16.1 Å². The van der Waals surface area contributed by atoms with Crippen LogP contribution in [-0.2, 0) is 25.0 Å². The molecular weight excluding hydrogens is 316 g/mol. The number of sulfonamides is 1. The van der Waals surface area contributed by atoms with Crippen molar-refractivity contribution in [3.63, 3.8) is 0 Å². The Hall–Kier alpha value is -1.25. The third-order valence-corrected chi connectivity index (χ3v) is 6.30. The molecule has 0 fully saturated rings. The highest BCUT2D eigenvalue weighted by Gasteiger charge is 2.31. The van der Waals surface area contributed by atoms with Crippen LogP contribution in [0.4, 0.5) is 0 Å². The molecule has 0 radical (unpaired) electrons. The quantitative estimate of drug-likeness (QED) is 0.603. The number of nitrogens with zero attached hydrogens (tertiary/aromatic N) is 2. The summed E-state index contributed by atoms with van der Waals surface area (Å²) in [7, 11) is -8.24. The lowest BCUT2D eigenvalue weighted by Crippen LogP contribution is -2.31. The fraction of sp³-hybridized carbons (Fsp3) is 0.222. The Bertz CT molecular complexity index is 751. The second-order valence-electron chi connectivity index (χ2n) is 3.46. The van der Waals surface area contributed by atoms with E-state index in [4.69, 9.17) is 11.6 Å². The van der Waals surface area contributed by atoms with Crippen LogP contribution >= 0.6 is 11.6 Å². The first-order chi connectivity index (χ1) is 8.63. The minimum Gasteiger partial charge on any atom is -0.210 e. The van der Waals surface area contributed by atoms with Crippen molar-refractivity contribution in [3.05, 3.63) is 28.8 Å². The maximum atomic E-state index is 12.0. The van der Waals surface area contributed by atoms with Gasteiger partial charge in [0.2, 0.25) is 0 Å². The van der Waals surface area contributed by atoms with E-state index >= 15 is 0 Å². The zero-order chi connectivity index (χ0) is 14.8. The van der Waals surface area contributed by atoms with Gasteiger partial charge >= 0.3 is 10.2 Å². The van der Waals surface area contributed by atoms with Gasteiger partial charge in [-0.2, -0.15) is 8.42 Å². The molecule has 0 bridgehead atoms. The SMILES string of the molecule is Cc1ccc(S(=O)(=O)N(C)S(=O)(=O)N=C=O)cc1Cl. The Balaban J connectivity index is 3.40. The molecule has 10 heteroatoms. The van der Waals surface area contributed by atoms with Crippen LogP contribution in [0.2, 0.25) is 5.02 Å². The van der Waals surface area contributed by atoms with E-state index in [0.29, 0.717) is 5.56 Å². The van der Waals surface area contributed by atoms with Crippen molar-refractivity contribution in [2.75, 3.05) is 7.05 Å². The Labute approximate surface area is 115 Å². The number of carbonyl (C=O) groups excluding carboxylic acids is 1. The van der Waals surface area contributed by atoms with Gasteiger partial charge in [-0.1, -0.05) is 25.8 Å². The van der Waals surface area contributed by atoms with E-state index in [1.54, 1.807) is 6.92 Å². The molecule has 0 saturated carbocycles. The molecule has 0 N–H and O–H groups in total. The van der Waals surface area contributed by atoms with Crippen LogP contribution in [0.15, 0.2) is 27.5 Å². The average Bonchev–Trinajstić information content (AvgIpc) is 2.31. The predicted molar refractivity (Wildman–Crippen MR) is 68.2 cm³/mol. The first-order valence-electron chi connectivity index (χ1n) is 4.72. The highest BCUT2D eigenvalue weighted by Crippen LogP contribution is 2.23. The number of halogens is 1. The minimum atomic E-state index is -4.64. The molecule has 1 aromatic rings. The molecule has 19 heavy (non-hydrogen) atoms. The molecule has 0 aliphatic heterocycles. The molecule has 1 aromatic carbocycles. The first kappa shape index (κ1) is 15.8. The zero-order valence-electron chi connectivity index (χ0n) is 9.86. The summed E-state index contributed by atoms with van der Waals surface area (Å²) in [5.41, 5.74) is 0.636. The summed E-state index contributed by atoms with van der Waals surface area (Å²) in [6.07, 6.45) is 0.788. The zero-order valence-corrected chi connectivity index (χ0v) is 12.3. The molecule has 0 heterocycles. The van der Waals surface area contributed by atoms with Gasteiger partial charge in [0.1, 0.15) is 0 Å². The normalized spacial score (nSPS) is 12.2. The second kappa shape index (κ2) is 5.40. The van der Waals surface area contributed by atoms with Crippen molar-refractivity contribution in [2.45, 2.75) is 11.8 Å². The smallest absolute Gasteiger partial charge is 0.210 e. The molecule has 0 saturated heterocycles. The van der Waals surface area contributed by atoms with E-state index in [-0.39, 0.29) is 13.6 Å². The van der Waals surface area contributed by atoms with E-state index in [9.17, 15) is 21.6 Å². The summed E-state index contributed by atoms with van der Waals surface area (Å²) < 4.78 is 49.3. The lowest BCUT2D eigenvalue weighted by atomic mass is 10.2. The molecule has 0 spiro atoms. The lowest BCUT2D eigenvalue weighted by Gasteiger charge is -2.14. The van der Waals surface area contributed by atoms with Gasteiger partial charge in [-0.25, -0.2) is 13.2 Å². The minimum absolute atomic E-state index is 0.0219. The first-order valence-corrected chi connectivity index (χ1v) is 7.94. The maximum absolute atomic E-state index is 12.0. The predicted octanol–water partition coefficient (Wildman–Crippen LogP) is 0.850. The third kappa shape index (κ3) is 3.20. The molecule has 0 aliphatic rings. The van der Waals surface area contributed by atoms with Crippen LogP contribution in [0.3, 0.4) is 0 Å². The fourth-order valence-electron chi connectivity index (χ4n) is 1.11. The van der Waals surface area contributed by atoms with E-state index in [1.807, 2.05) is 0 Å². The lowest BCUT2D eigenvalue weighted by molar-refractivity contribution is 0.525. The number of benzene rings is 1. The Kier molecular flexibility index (Phi) is 4.49. The summed E-state index contributed by atoms with van der Waals surface area (Å²) >= 11 is 5.78. The van der Waals surface area contributed by atoms with Gasteiger partial charge in [0.15, 0.2) is 0 Å². The van der Waals surface area contributed by atoms with Crippen molar-refractivity contribution in [1.82, 2.24) is 3.71 Å². The second-order valence-corrected chi connectivity index (χ2v) is 7.69. The fourth-order valence-corrected chi connectivity index (χ4v) is 3.72. The van der Waals surface area contributed by atoms with E-state index in [2.05, 4.69) is 4.40 Å². The molecule has 0 unspecified atom stereocenters. The molecule has 0 atom stereocenters.